The molecule has 1 aliphatic rings. The summed E-state index contributed by atoms with van der Waals surface area (Å²) in [4.78, 5) is 24.6. The summed E-state index contributed by atoms with van der Waals surface area (Å²) in [5.74, 6) is -1.09. The van der Waals surface area contributed by atoms with E-state index >= 15 is 0 Å². The number of amides is 1. The minimum Gasteiger partial charge on any atom is -0.476 e. The van der Waals surface area contributed by atoms with Gasteiger partial charge in [-0.15, -0.1) is 0 Å². The van der Waals surface area contributed by atoms with Crippen LogP contribution in [0.3, 0.4) is 0 Å². The minimum absolute atomic E-state index is 0.0453. The highest BCUT2D eigenvalue weighted by molar-refractivity contribution is 5.85. The summed E-state index contributed by atoms with van der Waals surface area (Å²) >= 11 is 0. The molecular formula is C13H19N3O4. The van der Waals surface area contributed by atoms with Crippen molar-refractivity contribution in [2.75, 3.05) is 6.54 Å². The van der Waals surface area contributed by atoms with Crippen LogP contribution in [0.5, 0.6) is 0 Å². The van der Waals surface area contributed by atoms with Crippen LogP contribution >= 0.6 is 0 Å². The van der Waals surface area contributed by atoms with Gasteiger partial charge in [-0.3, -0.25) is 10.00 Å². The van der Waals surface area contributed by atoms with E-state index in [9.17, 15) is 9.59 Å². The highest BCUT2D eigenvalue weighted by atomic mass is 16.6. The molecule has 1 fully saturated rings. The number of carbonyl (C=O) groups excluding carboxylic acids is 1. The zero-order valence-electron chi connectivity index (χ0n) is 11.8. The van der Waals surface area contributed by atoms with Crippen LogP contribution in [0, 0.1) is 0 Å². The number of nitrogens with zero attached hydrogens (tertiary/aromatic N) is 2. The van der Waals surface area contributed by atoms with Crippen molar-refractivity contribution in [3.63, 3.8) is 0 Å². The molecule has 0 aliphatic carbocycles. The Morgan fingerprint density at radius 3 is 2.75 bits per heavy atom. The van der Waals surface area contributed by atoms with Gasteiger partial charge in [0.25, 0.3) is 0 Å². The van der Waals surface area contributed by atoms with E-state index in [0.29, 0.717) is 12.2 Å². The monoisotopic (exact) mass is 281 g/mol. The number of ether oxygens (including phenoxy) is 1. The van der Waals surface area contributed by atoms with Gasteiger partial charge >= 0.3 is 12.1 Å². The summed E-state index contributed by atoms with van der Waals surface area (Å²) in [5, 5.41) is 15.3. The van der Waals surface area contributed by atoms with E-state index in [1.54, 1.807) is 4.90 Å². The van der Waals surface area contributed by atoms with Gasteiger partial charge in [-0.2, -0.15) is 5.10 Å². The molecule has 1 amide bonds. The Morgan fingerprint density at radius 1 is 1.50 bits per heavy atom. The Kier molecular flexibility index (Phi) is 3.69. The number of hydrogen-bond donors (Lipinski definition) is 2. The Labute approximate surface area is 116 Å². The van der Waals surface area contributed by atoms with E-state index in [-0.39, 0.29) is 17.8 Å². The maximum atomic E-state index is 12.1. The highest BCUT2D eigenvalue weighted by Gasteiger charge is 2.34. The summed E-state index contributed by atoms with van der Waals surface area (Å²) in [6, 6.07) is 1.26. The highest BCUT2D eigenvalue weighted by Crippen LogP contribution is 2.32. The van der Waals surface area contributed by atoms with Crippen molar-refractivity contribution >= 4 is 12.1 Å². The normalized spacial score (nSPS) is 19.1. The number of carboxylic acid groups (broad SMARTS) is 1. The smallest absolute Gasteiger partial charge is 0.410 e. The van der Waals surface area contributed by atoms with Gasteiger partial charge in [-0.25, -0.2) is 9.59 Å². The molecule has 0 bridgehead atoms. The van der Waals surface area contributed by atoms with Gasteiger partial charge in [0.1, 0.15) is 5.60 Å². The van der Waals surface area contributed by atoms with E-state index in [0.717, 1.165) is 12.8 Å². The lowest BCUT2D eigenvalue weighted by Crippen LogP contribution is -2.36. The molecular weight excluding hydrogens is 262 g/mol. The standard InChI is InChI=1S/C13H19N3O4/c1-13(2,3)20-12(19)16-6-4-5-10(16)8-7-9(11(17)18)15-14-8/h7,10H,4-6H2,1-3H3,(H,14,15)(H,17,18)/t10-/m1/s1. The number of nitrogens with one attached hydrogen (secondary N) is 1. The van der Waals surface area contributed by atoms with Crippen LogP contribution < -0.4 is 0 Å². The van der Waals surface area contributed by atoms with Crippen LogP contribution in [-0.2, 0) is 4.74 Å². The van der Waals surface area contributed by atoms with Crippen molar-refractivity contribution in [1.29, 1.82) is 0 Å². The van der Waals surface area contributed by atoms with Crippen LogP contribution in [0.2, 0.25) is 0 Å². The fraction of sp³-hybridized carbons (Fsp3) is 0.615. The topological polar surface area (TPSA) is 95.5 Å². The average molecular weight is 281 g/mol. The molecule has 110 valence electrons. The molecule has 0 aromatic carbocycles. The van der Waals surface area contributed by atoms with E-state index in [1.807, 2.05) is 20.8 Å². The van der Waals surface area contributed by atoms with Crippen LogP contribution in [0.25, 0.3) is 0 Å². The summed E-state index contributed by atoms with van der Waals surface area (Å²) in [6.07, 6.45) is 1.23. The predicted octanol–water partition coefficient (Wildman–Crippen LogP) is 2.18. The molecule has 1 atom stereocenters. The number of aromatic nitrogens is 2. The second kappa shape index (κ2) is 5.15. The lowest BCUT2D eigenvalue weighted by atomic mass is 10.1. The van der Waals surface area contributed by atoms with E-state index < -0.39 is 11.6 Å². The van der Waals surface area contributed by atoms with E-state index in [1.165, 1.54) is 6.07 Å². The van der Waals surface area contributed by atoms with Crippen LogP contribution in [-0.4, -0.2) is 44.4 Å². The Hall–Kier alpha value is -2.05. The van der Waals surface area contributed by atoms with Crippen LogP contribution in [0.4, 0.5) is 4.79 Å². The Bertz CT molecular complexity index is 518. The van der Waals surface area contributed by atoms with Crippen molar-refractivity contribution < 1.29 is 19.4 Å². The average Bonchev–Trinajstić information content (AvgIpc) is 2.95. The maximum Gasteiger partial charge on any atom is 0.410 e. The number of H-pyrrole nitrogens is 1. The molecule has 7 nitrogen and oxygen atoms in total. The van der Waals surface area contributed by atoms with E-state index in [2.05, 4.69) is 10.2 Å². The van der Waals surface area contributed by atoms with Gasteiger partial charge < -0.3 is 9.84 Å². The molecule has 0 unspecified atom stereocenters. The molecule has 2 heterocycles. The third-order valence-corrected chi connectivity index (χ3v) is 3.06. The lowest BCUT2D eigenvalue weighted by molar-refractivity contribution is 0.0221. The molecule has 0 spiro atoms. The number of likely N-dealkylation sites (tertiary alicyclic amines) is 1. The molecule has 2 N–H and O–H groups in total. The summed E-state index contributed by atoms with van der Waals surface area (Å²) in [6.45, 7) is 6.04. The fourth-order valence-electron chi connectivity index (χ4n) is 2.25. The van der Waals surface area contributed by atoms with Crippen LogP contribution in [0.1, 0.15) is 55.8 Å². The fourth-order valence-corrected chi connectivity index (χ4v) is 2.25. The third-order valence-electron chi connectivity index (χ3n) is 3.06. The summed E-state index contributed by atoms with van der Waals surface area (Å²) < 4.78 is 5.36. The number of aromatic amines is 1. The van der Waals surface area contributed by atoms with Gasteiger partial charge in [-0.05, 0) is 39.7 Å². The second-order valence-electron chi connectivity index (χ2n) is 5.85. The van der Waals surface area contributed by atoms with Gasteiger partial charge in [0.05, 0.1) is 11.7 Å². The van der Waals surface area contributed by atoms with Crippen molar-refractivity contribution in [3.8, 4) is 0 Å². The molecule has 0 saturated carbocycles. The van der Waals surface area contributed by atoms with Crippen molar-refractivity contribution in [2.45, 2.75) is 45.3 Å². The first-order valence-corrected chi connectivity index (χ1v) is 6.56. The van der Waals surface area contributed by atoms with Crippen molar-refractivity contribution in [1.82, 2.24) is 15.1 Å². The first-order valence-electron chi connectivity index (χ1n) is 6.56. The third kappa shape index (κ3) is 3.09. The minimum atomic E-state index is -1.09. The first kappa shape index (κ1) is 14.4. The van der Waals surface area contributed by atoms with Gasteiger partial charge in [0.15, 0.2) is 5.69 Å². The number of rotatable bonds is 2. The van der Waals surface area contributed by atoms with Gasteiger partial charge in [0, 0.05) is 6.54 Å². The Balaban J connectivity index is 2.14. The zero-order chi connectivity index (χ0) is 14.9. The predicted molar refractivity (Wildman–Crippen MR) is 70.5 cm³/mol. The molecule has 1 aromatic heterocycles. The summed E-state index contributed by atoms with van der Waals surface area (Å²) in [7, 11) is 0. The number of aromatic carboxylic acids is 1. The van der Waals surface area contributed by atoms with Crippen molar-refractivity contribution in [3.05, 3.63) is 17.5 Å². The molecule has 2 rings (SSSR count). The quantitative estimate of drug-likeness (QED) is 0.866. The zero-order valence-corrected chi connectivity index (χ0v) is 11.8. The molecule has 1 saturated heterocycles. The molecule has 1 aromatic rings. The molecule has 7 heteroatoms. The second-order valence-corrected chi connectivity index (χ2v) is 5.85. The van der Waals surface area contributed by atoms with Gasteiger partial charge in [-0.1, -0.05) is 0 Å². The number of carbonyl (C=O) groups is 2. The van der Waals surface area contributed by atoms with Crippen molar-refractivity contribution in [2.24, 2.45) is 0 Å². The number of carboxylic acids is 1. The van der Waals surface area contributed by atoms with Crippen LogP contribution in [0.15, 0.2) is 6.07 Å². The lowest BCUT2D eigenvalue weighted by Gasteiger charge is -2.28. The Morgan fingerprint density at radius 2 is 2.20 bits per heavy atom. The number of hydrogen-bond acceptors (Lipinski definition) is 4. The molecule has 20 heavy (non-hydrogen) atoms. The maximum absolute atomic E-state index is 12.1. The molecule has 1 aliphatic heterocycles. The SMILES string of the molecule is CC(C)(C)OC(=O)N1CCC[C@@H]1c1cc(C(=O)O)n[nH]1. The molecule has 0 radical (unpaired) electrons. The summed E-state index contributed by atoms with van der Waals surface area (Å²) in [5.41, 5.74) is 0.0338. The van der Waals surface area contributed by atoms with E-state index in [4.69, 9.17) is 9.84 Å². The van der Waals surface area contributed by atoms with Gasteiger partial charge in [0.2, 0.25) is 0 Å². The largest absolute Gasteiger partial charge is 0.476 e. The first-order chi connectivity index (χ1) is 9.28.